The minimum atomic E-state index is 0.712. The van der Waals surface area contributed by atoms with E-state index in [1.807, 2.05) is 0 Å². The van der Waals surface area contributed by atoms with Crippen molar-refractivity contribution in [1.82, 2.24) is 5.32 Å². The standard InChI is InChI=1S/C15H31N/c1-5-6-7-10-13(3)16-15-11-8-9-12(2)14(15)4/h12-16H,5-11H2,1-4H3. The fourth-order valence-electron chi connectivity index (χ4n) is 2.97. The summed E-state index contributed by atoms with van der Waals surface area (Å²) < 4.78 is 0. The van der Waals surface area contributed by atoms with Crippen LogP contribution in [0.4, 0.5) is 0 Å². The number of hydrogen-bond acceptors (Lipinski definition) is 1. The third kappa shape index (κ3) is 4.45. The summed E-state index contributed by atoms with van der Waals surface area (Å²) in [6.45, 7) is 9.49. The lowest BCUT2D eigenvalue weighted by atomic mass is 9.78. The maximum absolute atomic E-state index is 3.86. The first-order valence-corrected chi connectivity index (χ1v) is 7.41. The molecule has 1 N–H and O–H groups in total. The molecule has 16 heavy (non-hydrogen) atoms. The number of unbranched alkanes of at least 4 members (excludes halogenated alkanes) is 2. The van der Waals surface area contributed by atoms with Crippen LogP contribution in [0.15, 0.2) is 0 Å². The Morgan fingerprint density at radius 3 is 2.62 bits per heavy atom. The second-order valence-corrected chi connectivity index (χ2v) is 5.94. The average Bonchev–Trinajstić information content (AvgIpc) is 2.25. The van der Waals surface area contributed by atoms with Gasteiger partial charge in [-0.25, -0.2) is 0 Å². The molecule has 1 fully saturated rings. The maximum Gasteiger partial charge on any atom is 0.00977 e. The molecule has 0 aromatic carbocycles. The van der Waals surface area contributed by atoms with Gasteiger partial charge in [-0.3, -0.25) is 0 Å². The number of hydrogen-bond donors (Lipinski definition) is 1. The van der Waals surface area contributed by atoms with Crippen molar-refractivity contribution in [3.05, 3.63) is 0 Å². The second-order valence-electron chi connectivity index (χ2n) is 5.94. The molecule has 0 aliphatic heterocycles. The van der Waals surface area contributed by atoms with Crippen LogP contribution in [0.2, 0.25) is 0 Å². The van der Waals surface area contributed by atoms with Gasteiger partial charge >= 0.3 is 0 Å². The minimum absolute atomic E-state index is 0.712. The highest BCUT2D eigenvalue weighted by atomic mass is 15.0. The summed E-state index contributed by atoms with van der Waals surface area (Å²) >= 11 is 0. The topological polar surface area (TPSA) is 12.0 Å². The van der Waals surface area contributed by atoms with Crippen LogP contribution in [0.25, 0.3) is 0 Å². The Morgan fingerprint density at radius 2 is 1.94 bits per heavy atom. The van der Waals surface area contributed by atoms with Crippen LogP contribution in [0.5, 0.6) is 0 Å². The molecular formula is C15H31N. The van der Waals surface area contributed by atoms with E-state index in [-0.39, 0.29) is 0 Å². The normalized spacial score (nSPS) is 32.6. The lowest BCUT2D eigenvalue weighted by molar-refractivity contribution is 0.193. The predicted octanol–water partition coefficient (Wildman–Crippen LogP) is 4.37. The van der Waals surface area contributed by atoms with E-state index in [1.165, 1.54) is 44.9 Å². The van der Waals surface area contributed by atoms with E-state index in [0.717, 1.165) is 17.9 Å². The lowest BCUT2D eigenvalue weighted by Crippen LogP contribution is -2.44. The molecule has 0 saturated heterocycles. The van der Waals surface area contributed by atoms with Crippen molar-refractivity contribution < 1.29 is 0 Å². The van der Waals surface area contributed by atoms with E-state index < -0.39 is 0 Å². The van der Waals surface area contributed by atoms with Crippen LogP contribution in [-0.2, 0) is 0 Å². The molecule has 1 saturated carbocycles. The molecule has 0 aromatic heterocycles. The predicted molar refractivity (Wildman–Crippen MR) is 72.7 cm³/mol. The molecule has 0 amide bonds. The van der Waals surface area contributed by atoms with Crippen molar-refractivity contribution in [2.45, 2.75) is 84.7 Å². The van der Waals surface area contributed by atoms with Crippen molar-refractivity contribution >= 4 is 0 Å². The summed E-state index contributed by atoms with van der Waals surface area (Å²) in [5.74, 6) is 1.77. The Balaban J connectivity index is 2.23. The molecule has 0 heterocycles. The molecule has 0 radical (unpaired) electrons. The summed E-state index contributed by atoms with van der Waals surface area (Å²) in [4.78, 5) is 0. The third-order valence-corrected chi connectivity index (χ3v) is 4.45. The summed E-state index contributed by atoms with van der Waals surface area (Å²) in [6, 6.07) is 1.49. The van der Waals surface area contributed by atoms with E-state index in [4.69, 9.17) is 0 Å². The van der Waals surface area contributed by atoms with Crippen molar-refractivity contribution in [3.63, 3.8) is 0 Å². The Labute approximate surface area is 102 Å². The molecule has 4 atom stereocenters. The van der Waals surface area contributed by atoms with Crippen LogP contribution in [0.3, 0.4) is 0 Å². The summed E-state index contributed by atoms with van der Waals surface area (Å²) in [5.41, 5.74) is 0. The van der Waals surface area contributed by atoms with E-state index in [2.05, 4.69) is 33.0 Å². The van der Waals surface area contributed by atoms with Crippen molar-refractivity contribution in [1.29, 1.82) is 0 Å². The fraction of sp³-hybridized carbons (Fsp3) is 1.00. The van der Waals surface area contributed by atoms with Crippen molar-refractivity contribution in [2.75, 3.05) is 0 Å². The Kier molecular flexibility index (Phi) is 6.41. The highest BCUT2D eigenvalue weighted by Gasteiger charge is 2.27. The minimum Gasteiger partial charge on any atom is -0.311 e. The van der Waals surface area contributed by atoms with E-state index in [9.17, 15) is 0 Å². The van der Waals surface area contributed by atoms with Gasteiger partial charge < -0.3 is 5.32 Å². The molecule has 1 aliphatic carbocycles. The molecular weight excluding hydrogens is 194 g/mol. The Morgan fingerprint density at radius 1 is 1.19 bits per heavy atom. The summed E-state index contributed by atoms with van der Waals surface area (Å²) in [6.07, 6.45) is 9.72. The maximum atomic E-state index is 3.86. The molecule has 1 heteroatoms. The van der Waals surface area contributed by atoms with Crippen LogP contribution < -0.4 is 5.32 Å². The van der Waals surface area contributed by atoms with Gasteiger partial charge in [0.2, 0.25) is 0 Å². The zero-order valence-electron chi connectivity index (χ0n) is 11.8. The van der Waals surface area contributed by atoms with E-state index in [1.54, 1.807) is 0 Å². The highest BCUT2D eigenvalue weighted by Crippen LogP contribution is 2.29. The van der Waals surface area contributed by atoms with Crippen LogP contribution in [-0.4, -0.2) is 12.1 Å². The third-order valence-electron chi connectivity index (χ3n) is 4.45. The van der Waals surface area contributed by atoms with Gasteiger partial charge in [-0.05, 0) is 31.6 Å². The molecule has 0 bridgehead atoms. The second kappa shape index (κ2) is 7.32. The summed E-state index contributed by atoms with van der Waals surface area (Å²) in [5, 5.41) is 3.86. The van der Waals surface area contributed by atoms with Crippen molar-refractivity contribution in [3.8, 4) is 0 Å². The van der Waals surface area contributed by atoms with Crippen LogP contribution in [0.1, 0.15) is 72.6 Å². The monoisotopic (exact) mass is 225 g/mol. The summed E-state index contributed by atoms with van der Waals surface area (Å²) in [7, 11) is 0. The lowest BCUT2D eigenvalue weighted by Gasteiger charge is -2.36. The van der Waals surface area contributed by atoms with E-state index in [0.29, 0.717) is 6.04 Å². The van der Waals surface area contributed by atoms with Crippen LogP contribution >= 0.6 is 0 Å². The van der Waals surface area contributed by atoms with Gasteiger partial charge in [0.05, 0.1) is 0 Å². The van der Waals surface area contributed by atoms with Gasteiger partial charge in [0.15, 0.2) is 0 Å². The molecule has 96 valence electrons. The Hall–Kier alpha value is -0.0400. The first-order chi connectivity index (χ1) is 7.65. The zero-order chi connectivity index (χ0) is 12.0. The number of nitrogens with one attached hydrogen (secondary N) is 1. The van der Waals surface area contributed by atoms with Gasteiger partial charge in [-0.1, -0.05) is 52.9 Å². The van der Waals surface area contributed by atoms with Gasteiger partial charge in [0.1, 0.15) is 0 Å². The fourth-order valence-corrected chi connectivity index (χ4v) is 2.97. The first kappa shape index (κ1) is 14.0. The Bertz CT molecular complexity index is 178. The van der Waals surface area contributed by atoms with Gasteiger partial charge in [-0.2, -0.15) is 0 Å². The average molecular weight is 225 g/mol. The smallest absolute Gasteiger partial charge is 0.00977 e. The van der Waals surface area contributed by atoms with Gasteiger partial charge in [-0.15, -0.1) is 0 Å². The zero-order valence-corrected chi connectivity index (χ0v) is 11.8. The molecule has 4 unspecified atom stereocenters. The van der Waals surface area contributed by atoms with Crippen LogP contribution in [0, 0.1) is 11.8 Å². The van der Waals surface area contributed by atoms with E-state index >= 15 is 0 Å². The number of rotatable bonds is 6. The molecule has 1 rings (SSSR count). The van der Waals surface area contributed by atoms with Crippen molar-refractivity contribution in [2.24, 2.45) is 11.8 Å². The molecule has 0 spiro atoms. The molecule has 1 aliphatic rings. The van der Waals surface area contributed by atoms with Gasteiger partial charge in [0.25, 0.3) is 0 Å². The molecule has 0 aromatic rings. The quantitative estimate of drug-likeness (QED) is 0.662. The van der Waals surface area contributed by atoms with Gasteiger partial charge in [0, 0.05) is 12.1 Å². The molecule has 1 nitrogen and oxygen atoms in total. The largest absolute Gasteiger partial charge is 0.311 e. The first-order valence-electron chi connectivity index (χ1n) is 7.41. The highest BCUT2D eigenvalue weighted by molar-refractivity contribution is 4.83. The SMILES string of the molecule is CCCCCC(C)NC1CCCC(C)C1C.